The Balaban J connectivity index is 1.72. The monoisotopic (exact) mass is 312 g/mol. The van der Waals surface area contributed by atoms with Gasteiger partial charge >= 0.3 is 0 Å². The molecule has 3 aromatic rings. The Morgan fingerprint density at radius 2 is 1.95 bits per heavy atom. The summed E-state index contributed by atoms with van der Waals surface area (Å²) in [6.45, 7) is 4.45. The Morgan fingerprint density at radius 3 is 2.68 bits per heavy atom. The summed E-state index contributed by atoms with van der Waals surface area (Å²) in [7, 11) is 0. The minimum Gasteiger partial charge on any atom is -0.352 e. The first kappa shape index (κ1) is 14.6. The topological polar surface area (TPSA) is 67.8 Å². The molecule has 0 saturated heterocycles. The highest BCUT2D eigenvalue weighted by molar-refractivity contribution is 7.09. The van der Waals surface area contributed by atoms with Crippen molar-refractivity contribution in [3.05, 3.63) is 51.7 Å². The van der Waals surface area contributed by atoms with E-state index in [0.29, 0.717) is 12.1 Å². The summed E-state index contributed by atoms with van der Waals surface area (Å²) in [5.41, 5.74) is 5.75. The smallest absolute Gasteiger partial charge is 0.251 e. The first-order chi connectivity index (χ1) is 10.6. The van der Waals surface area contributed by atoms with Crippen LogP contribution in [0, 0.1) is 13.8 Å². The van der Waals surface area contributed by atoms with E-state index < -0.39 is 0 Å². The number of hydrogen-bond acceptors (Lipinski definition) is 5. The fourth-order valence-corrected chi connectivity index (χ4v) is 2.74. The lowest BCUT2D eigenvalue weighted by atomic mass is 10.1. The molecule has 0 spiro atoms. The van der Waals surface area contributed by atoms with Gasteiger partial charge in [0.1, 0.15) is 0 Å². The van der Waals surface area contributed by atoms with Crippen LogP contribution in [-0.4, -0.2) is 27.4 Å². The van der Waals surface area contributed by atoms with Crippen LogP contribution in [0.4, 0.5) is 0 Å². The lowest BCUT2D eigenvalue weighted by Gasteiger charge is -2.06. The van der Waals surface area contributed by atoms with Gasteiger partial charge in [-0.2, -0.15) is 0 Å². The van der Waals surface area contributed by atoms with Gasteiger partial charge in [0.05, 0.1) is 27.9 Å². The molecule has 0 fully saturated rings. The number of rotatable bonds is 4. The van der Waals surface area contributed by atoms with Crippen molar-refractivity contribution in [2.75, 3.05) is 6.54 Å². The van der Waals surface area contributed by atoms with E-state index in [4.69, 9.17) is 0 Å². The predicted octanol–water partition coefficient (Wildman–Crippen LogP) is 2.68. The van der Waals surface area contributed by atoms with E-state index in [1.807, 2.05) is 26.1 Å². The molecule has 0 aliphatic carbocycles. The van der Waals surface area contributed by atoms with Gasteiger partial charge in [-0.25, -0.2) is 9.97 Å². The molecule has 0 aliphatic heterocycles. The number of aromatic nitrogens is 3. The number of fused-ring (bicyclic) bond motifs is 1. The number of hydrogen-bond donors (Lipinski definition) is 1. The second kappa shape index (κ2) is 6.19. The van der Waals surface area contributed by atoms with Crippen LogP contribution in [0.15, 0.2) is 29.9 Å². The maximum Gasteiger partial charge on any atom is 0.251 e. The average molecular weight is 312 g/mol. The van der Waals surface area contributed by atoms with Crippen molar-refractivity contribution < 1.29 is 4.79 Å². The van der Waals surface area contributed by atoms with Crippen molar-refractivity contribution in [3.8, 4) is 0 Å². The van der Waals surface area contributed by atoms with Gasteiger partial charge in [-0.05, 0) is 32.0 Å². The number of nitrogens with zero attached hydrogens (tertiary/aromatic N) is 3. The standard InChI is InChI=1S/C16H16N4OS/c1-10-11(2)20-15-7-12(3-4-14(15)19-10)16(21)18-6-5-13-8-17-9-22-13/h3-4,7-9H,5-6H2,1-2H3,(H,18,21). The quantitative estimate of drug-likeness (QED) is 0.804. The molecule has 6 heteroatoms. The zero-order chi connectivity index (χ0) is 15.5. The number of benzene rings is 1. The molecular formula is C16H16N4OS. The van der Waals surface area contributed by atoms with Crippen molar-refractivity contribution in [1.29, 1.82) is 0 Å². The highest BCUT2D eigenvalue weighted by Crippen LogP contribution is 2.14. The maximum atomic E-state index is 12.2. The van der Waals surface area contributed by atoms with Crippen molar-refractivity contribution in [2.24, 2.45) is 0 Å². The van der Waals surface area contributed by atoms with Gasteiger partial charge in [-0.3, -0.25) is 9.78 Å². The summed E-state index contributed by atoms with van der Waals surface area (Å²) in [6.07, 6.45) is 2.62. The second-order valence-corrected chi connectivity index (χ2v) is 6.04. The molecule has 0 saturated carbocycles. The predicted molar refractivity (Wildman–Crippen MR) is 87.2 cm³/mol. The number of thiazole rings is 1. The third-order valence-electron chi connectivity index (χ3n) is 3.48. The van der Waals surface area contributed by atoms with Crippen LogP contribution >= 0.6 is 11.3 Å². The molecular weight excluding hydrogens is 296 g/mol. The summed E-state index contributed by atoms with van der Waals surface area (Å²) in [5.74, 6) is -0.0913. The third kappa shape index (κ3) is 3.12. The zero-order valence-electron chi connectivity index (χ0n) is 12.5. The van der Waals surface area contributed by atoms with Crippen LogP contribution in [0.2, 0.25) is 0 Å². The van der Waals surface area contributed by atoms with Crippen LogP contribution in [0.3, 0.4) is 0 Å². The molecule has 0 bridgehead atoms. The molecule has 112 valence electrons. The summed E-state index contributed by atoms with van der Waals surface area (Å²) in [6, 6.07) is 5.41. The van der Waals surface area contributed by atoms with Crippen molar-refractivity contribution >= 4 is 28.3 Å². The molecule has 1 amide bonds. The van der Waals surface area contributed by atoms with Gasteiger partial charge in [0.15, 0.2) is 0 Å². The summed E-state index contributed by atoms with van der Waals surface area (Å²) in [4.78, 5) is 26.3. The normalized spacial score (nSPS) is 10.8. The number of nitrogens with one attached hydrogen (secondary N) is 1. The van der Waals surface area contributed by atoms with Gasteiger partial charge in [0.25, 0.3) is 5.91 Å². The van der Waals surface area contributed by atoms with Crippen molar-refractivity contribution in [3.63, 3.8) is 0 Å². The van der Waals surface area contributed by atoms with Gasteiger partial charge < -0.3 is 5.32 Å². The first-order valence-corrected chi connectivity index (χ1v) is 7.92. The fourth-order valence-electron chi connectivity index (χ4n) is 2.14. The number of carbonyl (C=O) groups excluding carboxylic acids is 1. The Kier molecular flexibility index (Phi) is 4.11. The van der Waals surface area contributed by atoms with Gasteiger partial charge in [0, 0.05) is 29.6 Å². The lowest BCUT2D eigenvalue weighted by Crippen LogP contribution is -2.25. The number of carbonyl (C=O) groups is 1. The summed E-state index contributed by atoms with van der Waals surface area (Å²) in [5, 5.41) is 2.92. The molecule has 2 aromatic heterocycles. The molecule has 22 heavy (non-hydrogen) atoms. The Labute approximate surface area is 132 Å². The summed E-state index contributed by atoms with van der Waals surface area (Å²) >= 11 is 1.59. The average Bonchev–Trinajstić information content (AvgIpc) is 3.01. The molecule has 2 heterocycles. The Hall–Kier alpha value is -2.34. The third-order valence-corrected chi connectivity index (χ3v) is 4.32. The summed E-state index contributed by atoms with van der Waals surface area (Å²) < 4.78 is 0. The van der Waals surface area contributed by atoms with E-state index >= 15 is 0 Å². The van der Waals surface area contributed by atoms with E-state index in [1.54, 1.807) is 29.0 Å². The first-order valence-electron chi connectivity index (χ1n) is 7.04. The van der Waals surface area contributed by atoms with Crippen molar-refractivity contribution in [2.45, 2.75) is 20.3 Å². The van der Waals surface area contributed by atoms with Crippen LogP contribution in [-0.2, 0) is 6.42 Å². The maximum absolute atomic E-state index is 12.2. The molecule has 0 unspecified atom stereocenters. The van der Waals surface area contributed by atoms with Crippen molar-refractivity contribution in [1.82, 2.24) is 20.3 Å². The largest absolute Gasteiger partial charge is 0.352 e. The zero-order valence-corrected chi connectivity index (χ0v) is 13.3. The fraction of sp³-hybridized carbons (Fsp3) is 0.250. The van der Waals surface area contributed by atoms with Crippen LogP contribution in [0.25, 0.3) is 11.0 Å². The highest BCUT2D eigenvalue weighted by atomic mass is 32.1. The minimum atomic E-state index is -0.0913. The Bertz CT molecular complexity index is 814. The van der Waals surface area contributed by atoms with Gasteiger partial charge in [-0.15, -0.1) is 11.3 Å². The van der Waals surface area contributed by atoms with E-state index in [2.05, 4.69) is 20.3 Å². The van der Waals surface area contributed by atoms with Crippen LogP contribution < -0.4 is 5.32 Å². The van der Waals surface area contributed by atoms with Crippen LogP contribution in [0.5, 0.6) is 0 Å². The number of aryl methyl sites for hydroxylation is 2. The van der Waals surface area contributed by atoms with E-state index in [9.17, 15) is 4.79 Å². The Morgan fingerprint density at radius 1 is 1.18 bits per heavy atom. The van der Waals surface area contributed by atoms with Gasteiger partial charge in [-0.1, -0.05) is 0 Å². The van der Waals surface area contributed by atoms with Gasteiger partial charge in [0.2, 0.25) is 0 Å². The minimum absolute atomic E-state index is 0.0913. The lowest BCUT2D eigenvalue weighted by molar-refractivity contribution is 0.0954. The van der Waals surface area contributed by atoms with Crippen LogP contribution in [0.1, 0.15) is 26.6 Å². The molecule has 1 aromatic carbocycles. The van der Waals surface area contributed by atoms with E-state index in [0.717, 1.165) is 33.7 Å². The molecule has 0 aliphatic rings. The number of amides is 1. The second-order valence-electron chi connectivity index (χ2n) is 5.07. The molecule has 0 atom stereocenters. The van der Waals surface area contributed by atoms with E-state index in [1.165, 1.54) is 0 Å². The molecule has 0 radical (unpaired) electrons. The molecule has 5 nitrogen and oxygen atoms in total. The molecule has 1 N–H and O–H groups in total. The SMILES string of the molecule is Cc1nc2ccc(C(=O)NCCc3cncs3)cc2nc1C. The van der Waals surface area contributed by atoms with E-state index in [-0.39, 0.29) is 5.91 Å². The molecule has 3 rings (SSSR count). The highest BCUT2D eigenvalue weighted by Gasteiger charge is 2.08.